The molecule has 0 saturated heterocycles. The van der Waals surface area contributed by atoms with Crippen LogP contribution in [0.5, 0.6) is 0 Å². The van der Waals surface area contributed by atoms with Gasteiger partial charge in [-0.3, -0.25) is 10.1 Å². The smallest absolute Gasteiger partial charge is 0.317 e. The molecule has 0 aromatic rings. The van der Waals surface area contributed by atoms with Crippen LogP contribution in [0.1, 0.15) is 0 Å². The van der Waals surface area contributed by atoms with Crippen molar-refractivity contribution in [1.82, 2.24) is 5.32 Å². The summed E-state index contributed by atoms with van der Waals surface area (Å²) in [6.07, 6.45) is 0. The van der Waals surface area contributed by atoms with Crippen molar-refractivity contribution >= 4 is 11.9 Å². The third kappa shape index (κ3) is 9.69. The monoisotopic (exact) mass is 358 g/mol. The Morgan fingerprint density at radius 3 is 1.54 bits per heavy atom. The van der Waals surface area contributed by atoms with Gasteiger partial charge in [0.1, 0.15) is 26.4 Å². The summed E-state index contributed by atoms with van der Waals surface area (Å²) in [6.45, 7) is -3.86. The number of aliphatic carboxylic acids is 2. The van der Waals surface area contributed by atoms with E-state index in [0.29, 0.717) is 0 Å². The molecular formula is C12H26N2O10. The van der Waals surface area contributed by atoms with Crippen LogP contribution in [-0.2, 0) is 9.59 Å². The molecule has 0 aromatic heterocycles. The Morgan fingerprint density at radius 2 is 1.29 bits per heavy atom. The van der Waals surface area contributed by atoms with Crippen LogP contribution in [0.4, 0.5) is 0 Å². The van der Waals surface area contributed by atoms with Crippen molar-refractivity contribution in [2.75, 3.05) is 52.7 Å². The quantitative estimate of drug-likeness (QED) is 0.159. The van der Waals surface area contributed by atoms with E-state index in [1.165, 1.54) is 0 Å². The number of rotatable bonds is 12. The SMILES string of the molecule is O=C(O)CNC(CO)(CO)CO.O=C([O-])C[NH2+]C(CO)(CO)CO. The fourth-order valence-corrected chi connectivity index (χ4v) is 1.22. The number of hydrogen-bond donors (Lipinski definition) is 9. The molecule has 24 heavy (non-hydrogen) atoms. The maximum atomic E-state index is 10.1. The molecule has 0 rings (SSSR count). The molecule has 0 aliphatic rings. The normalized spacial score (nSPS) is 11.6. The molecule has 0 radical (unpaired) electrons. The summed E-state index contributed by atoms with van der Waals surface area (Å²) in [7, 11) is 0. The third-order valence-corrected chi connectivity index (χ3v) is 3.17. The van der Waals surface area contributed by atoms with Crippen LogP contribution >= 0.6 is 0 Å². The molecule has 0 unspecified atom stereocenters. The molecule has 0 saturated carbocycles. The van der Waals surface area contributed by atoms with Crippen LogP contribution in [0.25, 0.3) is 0 Å². The number of carbonyl (C=O) groups is 2. The third-order valence-electron chi connectivity index (χ3n) is 3.17. The number of quaternary nitrogens is 1. The molecule has 0 atom stereocenters. The summed E-state index contributed by atoms with van der Waals surface area (Å²) in [5.41, 5.74) is -2.53. The second kappa shape index (κ2) is 13.0. The van der Waals surface area contributed by atoms with Crippen molar-refractivity contribution in [3.05, 3.63) is 0 Å². The first-order valence-electron chi connectivity index (χ1n) is 6.86. The Labute approximate surface area is 138 Å². The van der Waals surface area contributed by atoms with E-state index in [1.807, 2.05) is 0 Å². The highest BCUT2D eigenvalue weighted by Gasteiger charge is 2.31. The van der Waals surface area contributed by atoms with Gasteiger partial charge in [-0.25, -0.2) is 0 Å². The van der Waals surface area contributed by atoms with Crippen molar-refractivity contribution in [1.29, 1.82) is 0 Å². The molecule has 0 spiro atoms. The highest BCUT2D eigenvalue weighted by molar-refractivity contribution is 5.69. The first-order valence-corrected chi connectivity index (χ1v) is 6.86. The van der Waals surface area contributed by atoms with Crippen LogP contribution < -0.4 is 15.7 Å². The number of carbonyl (C=O) groups excluding carboxylic acids is 1. The molecule has 0 fully saturated rings. The van der Waals surface area contributed by atoms with Gasteiger partial charge in [0.15, 0.2) is 5.54 Å². The van der Waals surface area contributed by atoms with Gasteiger partial charge >= 0.3 is 5.97 Å². The summed E-state index contributed by atoms with van der Waals surface area (Å²) in [4.78, 5) is 20.1. The summed E-state index contributed by atoms with van der Waals surface area (Å²) >= 11 is 0. The summed E-state index contributed by atoms with van der Waals surface area (Å²) in [6, 6.07) is 0. The number of aliphatic hydroxyl groups excluding tert-OH is 6. The summed E-state index contributed by atoms with van der Waals surface area (Å²) in [5.74, 6) is -2.43. The average Bonchev–Trinajstić information content (AvgIpc) is 2.59. The fourth-order valence-electron chi connectivity index (χ4n) is 1.22. The van der Waals surface area contributed by atoms with Gasteiger partial charge < -0.3 is 51.0 Å². The predicted molar refractivity (Wildman–Crippen MR) is 75.4 cm³/mol. The molecule has 12 nitrogen and oxygen atoms in total. The van der Waals surface area contributed by atoms with Crippen molar-refractivity contribution in [2.24, 2.45) is 0 Å². The zero-order valence-electron chi connectivity index (χ0n) is 13.1. The average molecular weight is 358 g/mol. The van der Waals surface area contributed by atoms with Gasteiger partial charge in [0.2, 0.25) is 0 Å². The summed E-state index contributed by atoms with van der Waals surface area (Å²) in [5, 5.41) is 74.1. The molecule has 0 aromatic carbocycles. The Bertz CT molecular complexity index is 307. The fraction of sp³-hybridized carbons (Fsp3) is 0.833. The molecule has 0 bridgehead atoms. The van der Waals surface area contributed by atoms with Gasteiger partial charge in [-0.1, -0.05) is 0 Å². The Balaban J connectivity index is 0. The lowest BCUT2D eigenvalue weighted by molar-refractivity contribution is -0.728. The molecular weight excluding hydrogens is 332 g/mol. The largest absolute Gasteiger partial charge is 0.544 e. The lowest BCUT2D eigenvalue weighted by Crippen LogP contribution is -3.01. The molecule has 0 aliphatic heterocycles. The minimum absolute atomic E-state index is 0.401. The van der Waals surface area contributed by atoms with E-state index < -0.39 is 75.7 Å². The molecule has 0 amide bonds. The van der Waals surface area contributed by atoms with Crippen LogP contribution in [0, 0.1) is 0 Å². The number of carboxylic acids is 2. The lowest BCUT2D eigenvalue weighted by atomic mass is 10.0. The zero-order chi connectivity index (χ0) is 19.2. The molecule has 12 heteroatoms. The number of nitrogens with two attached hydrogens (primary N) is 1. The maximum Gasteiger partial charge on any atom is 0.317 e. The Morgan fingerprint density at radius 1 is 0.875 bits per heavy atom. The molecule has 144 valence electrons. The number of carboxylic acid groups (broad SMARTS) is 2. The van der Waals surface area contributed by atoms with E-state index in [0.717, 1.165) is 5.32 Å². The van der Waals surface area contributed by atoms with Gasteiger partial charge in [0.05, 0.1) is 37.9 Å². The van der Waals surface area contributed by atoms with Gasteiger partial charge in [-0.2, -0.15) is 0 Å². The molecule has 10 N–H and O–H groups in total. The second-order valence-corrected chi connectivity index (χ2v) is 5.12. The Kier molecular flexibility index (Phi) is 13.4. The van der Waals surface area contributed by atoms with E-state index in [-0.39, 0.29) is 0 Å². The minimum atomic E-state index is -1.31. The van der Waals surface area contributed by atoms with Crippen LogP contribution in [0.3, 0.4) is 0 Å². The highest BCUT2D eigenvalue weighted by Crippen LogP contribution is 2.00. The van der Waals surface area contributed by atoms with E-state index in [1.54, 1.807) is 0 Å². The predicted octanol–water partition coefficient (Wildman–Crippen LogP) is -7.61. The van der Waals surface area contributed by atoms with Gasteiger partial charge in [0.25, 0.3) is 0 Å². The number of hydrogen-bond acceptors (Lipinski definition) is 10. The van der Waals surface area contributed by atoms with Crippen molar-refractivity contribution in [3.8, 4) is 0 Å². The second-order valence-electron chi connectivity index (χ2n) is 5.12. The first-order chi connectivity index (χ1) is 11.2. The van der Waals surface area contributed by atoms with E-state index >= 15 is 0 Å². The van der Waals surface area contributed by atoms with Crippen molar-refractivity contribution < 1.29 is 55.8 Å². The standard InChI is InChI=1S/2C6H13NO5/c2*8-2-6(3-9,4-10)7-1-5(11)12/h2*7-10H,1-4H2,(H,11,12). The van der Waals surface area contributed by atoms with Gasteiger partial charge in [-0.15, -0.1) is 0 Å². The highest BCUT2D eigenvalue weighted by atomic mass is 16.4. The zero-order valence-corrected chi connectivity index (χ0v) is 13.1. The van der Waals surface area contributed by atoms with Crippen LogP contribution in [0.2, 0.25) is 0 Å². The molecule has 0 heterocycles. The van der Waals surface area contributed by atoms with Crippen molar-refractivity contribution in [2.45, 2.75) is 11.1 Å². The summed E-state index contributed by atoms with van der Waals surface area (Å²) < 4.78 is 0. The van der Waals surface area contributed by atoms with Gasteiger partial charge in [0, 0.05) is 0 Å². The molecule has 0 aliphatic carbocycles. The number of nitrogens with one attached hydrogen (secondary N) is 1. The van der Waals surface area contributed by atoms with Gasteiger partial charge in [-0.05, 0) is 0 Å². The minimum Gasteiger partial charge on any atom is -0.544 e. The van der Waals surface area contributed by atoms with Crippen molar-refractivity contribution in [3.63, 3.8) is 0 Å². The first kappa shape index (κ1) is 24.9. The lowest BCUT2D eigenvalue weighted by Gasteiger charge is -2.27. The Hall–Kier alpha value is -1.38. The van der Waals surface area contributed by atoms with Crippen LogP contribution in [-0.4, -0.2) is 111 Å². The van der Waals surface area contributed by atoms with E-state index in [9.17, 15) is 14.7 Å². The maximum absolute atomic E-state index is 10.1. The topological polar surface area (TPSA) is 227 Å². The van der Waals surface area contributed by atoms with E-state index in [2.05, 4.69) is 5.32 Å². The van der Waals surface area contributed by atoms with E-state index in [4.69, 9.17) is 35.7 Å². The number of aliphatic hydroxyl groups is 6. The van der Waals surface area contributed by atoms with Crippen LogP contribution in [0.15, 0.2) is 0 Å².